The Morgan fingerprint density at radius 3 is 2.00 bits per heavy atom. The van der Waals surface area contributed by atoms with Crippen molar-refractivity contribution >= 4 is 25.5 Å². The summed E-state index contributed by atoms with van der Waals surface area (Å²) >= 11 is 1.99. The first-order valence-electron chi connectivity index (χ1n) is 5.29. The Labute approximate surface area is 98.9 Å². The second-order valence-corrected chi connectivity index (χ2v) is 12.3. The van der Waals surface area contributed by atoms with Crippen LogP contribution in [-0.2, 0) is 0 Å². The molecule has 0 heterocycles. The zero-order chi connectivity index (χ0) is 11.5. The van der Waals surface area contributed by atoms with E-state index in [1.54, 1.807) is 0 Å². The lowest BCUT2D eigenvalue weighted by atomic mass is 10.3. The summed E-state index contributed by atoms with van der Waals surface area (Å²) in [5.74, 6) is 0. The van der Waals surface area contributed by atoms with Crippen molar-refractivity contribution in [2.45, 2.75) is 24.5 Å². The van der Waals surface area contributed by atoms with Crippen LogP contribution in [0.4, 0.5) is 5.69 Å². The second-order valence-electron chi connectivity index (χ2n) is 5.24. The normalized spacial score (nSPS) is 11.5. The van der Waals surface area contributed by atoms with Gasteiger partial charge >= 0.3 is 0 Å². The average Bonchev–Trinajstić information content (AvgIpc) is 2.14. The first-order chi connectivity index (χ1) is 6.88. The number of hydrogen-bond donors (Lipinski definition) is 0. The summed E-state index contributed by atoms with van der Waals surface area (Å²) in [4.78, 5) is 3.52. The quantitative estimate of drug-likeness (QED) is 0.582. The summed E-state index contributed by atoms with van der Waals surface area (Å²) in [6.07, 6.45) is 0. The largest absolute Gasteiger partial charge is 0.378 e. The third-order valence-corrected chi connectivity index (χ3v) is 6.67. The molecule has 0 unspecified atom stereocenters. The van der Waals surface area contributed by atoms with Crippen LogP contribution in [0.2, 0.25) is 19.6 Å². The van der Waals surface area contributed by atoms with Crippen LogP contribution in [0.25, 0.3) is 0 Å². The van der Waals surface area contributed by atoms with Gasteiger partial charge in [0.25, 0.3) is 0 Å². The molecule has 1 rings (SSSR count). The Hall–Kier alpha value is -0.413. The number of anilines is 1. The lowest BCUT2D eigenvalue weighted by Crippen LogP contribution is -2.23. The molecule has 1 nitrogen and oxygen atoms in total. The van der Waals surface area contributed by atoms with Crippen molar-refractivity contribution in [1.29, 1.82) is 0 Å². The van der Waals surface area contributed by atoms with Crippen LogP contribution in [0.3, 0.4) is 0 Å². The fourth-order valence-electron chi connectivity index (χ4n) is 1.14. The number of nitrogens with zero attached hydrogens (tertiary/aromatic N) is 1. The van der Waals surface area contributed by atoms with E-state index in [-0.39, 0.29) is 0 Å². The molecule has 3 heteroatoms. The maximum absolute atomic E-state index is 2.41. The van der Waals surface area contributed by atoms with Crippen molar-refractivity contribution in [2.24, 2.45) is 0 Å². The Morgan fingerprint density at radius 2 is 1.60 bits per heavy atom. The molecular weight excluding hydrogens is 218 g/mol. The molecule has 84 valence electrons. The first kappa shape index (κ1) is 12.7. The summed E-state index contributed by atoms with van der Waals surface area (Å²) in [5.41, 5.74) is 1.27. The second kappa shape index (κ2) is 5.08. The molecule has 0 fully saturated rings. The molecule has 0 saturated carbocycles. The molecule has 0 amide bonds. The standard InChI is InChI=1S/C12H21NSSi/c1-13(2)11-6-8-12(9-7-11)14-10-15(3,4)5/h6-9H,10H2,1-5H3. The third kappa shape index (κ3) is 4.75. The molecule has 0 aromatic heterocycles. The number of thioether (sulfide) groups is 1. The first-order valence-corrected chi connectivity index (χ1v) is 9.98. The number of hydrogen-bond acceptors (Lipinski definition) is 2. The lowest BCUT2D eigenvalue weighted by Gasteiger charge is -2.16. The van der Waals surface area contributed by atoms with Crippen molar-refractivity contribution in [3.63, 3.8) is 0 Å². The Balaban J connectivity index is 2.57. The van der Waals surface area contributed by atoms with Crippen molar-refractivity contribution in [2.75, 3.05) is 24.4 Å². The minimum absolute atomic E-state index is 0.923. The number of benzene rings is 1. The number of rotatable bonds is 4. The van der Waals surface area contributed by atoms with Gasteiger partial charge < -0.3 is 4.90 Å². The molecule has 15 heavy (non-hydrogen) atoms. The molecule has 0 saturated heterocycles. The van der Waals surface area contributed by atoms with Crippen LogP contribution in [-0.4, -0.2) is 27.5 Å². The minimum Gasteiger partial charge on any atom is -0.378 e. The van der Waals surface area contributed by atoms with E-state index in [0.29, 0.717) is 0 Å². The Kier molecular flexibility index (Phi) is 4.29. The van der Waals surface area contributed by atoms with Crippen LogP contribution in [0, 0.1) is 0 Å². The van der Waals surface area contributed by atoms with E-state index in [1.807, 2.05) is 11.8 Å². The minimum atomic E-state index is -0.923. The van der Waals surface area contributed by atoms with Gasteiger partial charge in [-0.1, -0.05) is 19.6 Å². The van der Waals surface area contributed by atoms with Gasteiger partial charge in [-0.05, 0) is 29.6 Å². The molecule has 1 aromatic carbocycles. The van der Waals surface area contributed by atoms with E-state index in [9.17, 15) is 0 Å². The molecule has 0 bridgehead atoms. The monoisotopic (exact) mass is 239 g/mol. The average molecular weight is 239 g/mol. The van der Waals surface area contributed by atoms with Crippen LogP contribution in [0.5, 0.6) is 0 Å². The molecule has 0 atom stereocenters. The summed E-state index contributed by atoms with van der Waals surface area (Å²) in [7, 11) is 3.22. The summed E-state index contributed by atoms with van der Waals surface area (Å²) in [6, 6.07) is 8.82. The molecular formula is C12H21NSSi. The van der Waals surface area contributed by atoms with E-state index < -0.39 is 8.07 Å². The van der Waals surface area contributed by atoms with Gasteiger partial charge in [0, 0.05) is 24.7 Å². The van der Waals surface area contributed by atoms with Crippen LogP contribution >= 0.6 is 11.8 Å². The third-order valence-electron chi connectivity index (χ3n) is 2.02. The highest BCUT2D eigenvalue weighted by atomic mass is 32.2. The van der Waals surface area contributed by atoms with Crippen LogP contribution in [0.1, 0.15) is 0 Å². The summed E-state index contributed by atoms with van der Waals surface area (Å²) in [5, 5.41) is 1.30. The lowest BCUT2D eigenvalue weighted by molar-refractivity contribution is 1.13. The highest BCUT2D eigenvalue weighted by Gasteiger charge is 2.12. The SMILES string of the molecule is CN(C)c1ccc(SC[Si](C)(C)C)cc1. The Morgan fingerprint density at radius 1 is 1.07 bits per heavy atom. The van der Waals surface area contributed by atoms with Gasteiger partial charge in [-0.3, -0.25) is 0 Å². The van der Waals surface area contributed by atoms with Gasteiger partial charge in [0.05, 0.1) is 8.07 Å². The van der Waals surface area contributed by atoms with Crippen molar-refractivity contribution < 1.29 is 0 Å². The summed E-state index contributed by atoms with van der Waals surface area (Å²) in [6.45, 7) is 7.23. The fourth-order valence-corrected chi connectivity index (χ4v) is 3.87. The van der Waals surface area contributed by atoms with Gasteiger partial charge in [-0.2, -0.15) is 0 Å². The van der Waals surface area contributed by atoms with Gasteiger partial charge in [0.1, 0.15) is 0 Å². The smallest absolute Gasteiger partial charge is 0.0552 e. The topological polar surface area (TPSA) is 3.24 Å². The van der Waals surface area contributed by atoms with Crippen molar-refractivity contribution in [1.82, 2.24) is 0 Å². The van der Waals surface area contributed by atoms with E-state index in [4.69, 9.17) is 0 Å². The van der Waals surface area contributed by atoms with E-state index >= 15 is 0 Å². The highest BCUT2D eigenvalue weighted by Crippen LogP contribution is 2.24. The van der Waals surface area contributed by atoms with E-state index in [2.05, 4.69) is 62.9 Å². The molecule has 0 spiro atoms. The van der Waals surface area contributed by atoms with Crippen LogP contribution in [0.15, 0.2) is 29.2 Å². The summed E-state index contributed by atoms with van der Waals surface area (Å²) < 4.78 is 0. The maximum Gasteiger partial charge on any atom is 0.0552 e. The molecule has 0 aliphatic carbocycles. The van der Waals surface area contributed by atoms with Gasteiger partial charge in [-0.15, -0.1) is 11.8 Å². The van der Waals surface area contributed by atoms with Gasteiger partial charge in [0.2, 0.25) is 0 Å². The maximum atomic E-state index is 2.41. The molecule has 0 aliphatic rings. The molecule has 0 N–H and O–H groups in total. The predicted octanol–water partition coefficient (Wildman–Crippen LogP) is 3.72. The zero-order valence-corrected chi connectivity index (χ0v) is 12.2. The van der Waals surface area contributed by atoms with Gasteiger partial charge in [0.15, 0.2) is 0 Å². The fraction of sp³-hybridized carbons (Fsp3) is 0.500. The molecule has 1 aromatic rings. The predicted molar refractivity (Wildman–Crippen MR) is 74.8 cm³/mol. The van der Waals surface area contributed by atoms with Crippen LogP contribution < -0.4 is 4.90 Å². The Bertz CT molecular complexity index is 300. The molecule has 0 aliphatic heterocycles. The zero-order valence-electron chi connectivity index (χ0n) is 10.4. The van der Waals surface area contributed by atoms with Crippen molar-refractivity contribution in [3.8, 4) is 0 Å². The van der Waals surface area contributed by atoms with E-state index in [1.165, 1.54) is 16.0 Å². The van der Waals surface area contributed by atoms with Crippen molar-refractivity contribution in [3.05, 3.63) is 24.3 Å². The molecule has 0 radical (unpaired) electrons. The van der Waals surface area contributed by atoms with E-state index in [0.717, 1.165) is 0 Å². The van der Waals surface area contributed by atoms with Gasteiger partial charge in [-0.25, -0.2) is 0 Å². The highest BCUT2D eigenvalue weighted by molar-refractivity contribution is 8.01.